The Hall–Kier alpha value is -3.69. The molecule has 1 N–H and O–H groups in total. The molecule has 5 rings (SSSR count). The Bertz CT molecular complexity index is 1400. The second kappa shape index (κ2) is 12.0. The third-order valence-electron chi connectivity index (χ3n) is 7.18. The molecule has 2 aliphatic rings. The summed E-state index contributed by atoms with van der Waals surface area (Å²) in [4.78, 5) is 28.2. The number of rotatable bonds is 9. The second-order valence-electron chi connectivity index (χ2n) is 9.86. The van der Waals surface area contributed by atoms with E-state index in [0.29, 0.717) is 43.9 Å². The zero-order valence-electron chi connectivity index (χ0n) is 21.8. The first-order chi connectivity index (χ1) is 18.9. The smallest absolute Gasteiger partial charge is 0.262 e. The van der Waals surface area contributed by atoms with E-state index in [1.807, 2.05) is 48.5 Å². The van der Waals surface area contributed by atoms with Crippen LogP contribution in [0.25, 0.3) is 0 Å². The molecule has 3 aromatic carbocycles. The maximum Gasteiger partial charge on any atom is 0.262 e. The summed E-state index contributed by atoms with van der Waals surface area (Å²) in [7, 11) is -3.47. The Labute approximate surface area is 229 Å². The van der Waals surface area contributed by atoms with Gasteiger partial charge in [0.1, 0.15) is 5.75 Å². The lowest BCUT2D eigenvalue weighted by Crippen LogP contribution is -2.51. The highest BCUT2D eigenvalue weighted by Crippen LogP contribution is 2.33. The highest BCUT2D eigenvalue weighted by atomic mass is 32.2. The number of nitrogens with one attached hydrogen (secondary N) is 1. The standard InChI is InChI=1S/C30H33N3O5S/c34-29(17-14-24-12-15-25(16-13-24)39(36,37)32-20-6-7-21-32)33-22-28(38-27-11-5-4-10-26(27)33)30(35)31-19-18-23-8-2-1-3-9-23/h1-5,8-13,15-16,28H,6-7,14,17-22H2,(H,31,35). The van der Waals surface area contributed by atoms with Crippen molar-refractivity contribution in [3.8, 4) is 5.75 Å². The van der Waals surface area contributed by atoms with Gasteiger partial charge in [-0.3, -0.25) is 9.59 Å². The van der Waals surface area contributed by atoms with Crippen molar-refractivity contribution in [2.45, 2.75) is 43.1 Å². The zero-order chi connectivity index (χ0) is 27.2. The highest BCUT2D eigenvalue weighted by Gasteiger charge is 2.33. The fraction of sp³-hybridized carbons (Fsp3) is 0.333. The molecular formula is C30H33N3O5S. The van der Waals surface area contributed by atoms with Crippen LogP contribution in [0.3, 0.4) is 0 Å². The SMILES string of the molecule is O=C(NCCc1ccccc1)C1CN(C(=O)CCc2ccc(S(=O)(=O)N3CCCC3)cc2)c2ccccc2O1. The Morgan fingerprint density at radius 1 is 0.846 bits per heavy atom. The van der Waals surface area contributed by atoms with Crippen LogP contribution in [-0.4, -0.2) is 56.8 Å². The Balaban J connectivity index is 1.20. The number of amides is 2. The van der Waals surface area contributed by atoms with E-state index in [1.165, 1.54) is 4.31 Å². The summed E-state index contributed by atoms with van der Waals surface area (Å²) in [6.07, 6.45) is 2.34. The average Bonchev–Trinajstić information content (AvgIpc) is 3.52. The maximum atomic E-state index is 13.3. The van der Waals surface area contributed by atoms with Crippen molar-refractivity contribution in [1.82, 2.24) is 9.62 Å². The summed E-state index contributed by atoms with van der Waals surface area (Å²) in [6.45, 7) is 1.72. The number of ether oxygens (including phenoxy) is 1. The van der Waals surface area contributed by atoms with E-state index < -0.39 is 16.1 Å². The molecule has 0 aromatic heterocycles. The molecule has 1 atom stereocenters. The minimum absolute atomic E-state index is 0.124. The van der Waals surface area contributed by atoms with Crippen LogP contribution in [-0.2, 0) is 32.5 Å². The van der Waals surface area contributed by atoms with Crippen LogP contribution < -0.4 is 15.0 Å². The van der Waals surface area contributed by atoms with Crippen molar-refractivity contribution < 1.29 is 22.7 Å². The fourth-order valence-electron chi connectivity index (χ4n) is 4.99. The van der Waals surface area contributed by atoms with Gasteiger partial charge >= 0.3 is 0 Å². The van der Waals surface area contributed by atoms with Gasteiger partial charge in [-0.25, -0.2) is 8.42 Å². The molecule has 0 saturated carbocycles. The number of anilines is 1. The van der Waals surface area contributed by atoms with Gasteiger partial charge in [-0.2, -0.15) is 4.31 Å². The van der Waals surface area contributed by atoms with Gasteiger partial charge in [-0.15, -0.1) is 0 Å². The molecule has 0 aliphatic carbocycles. The van der Waals surface area contributed by atoms with Gasteiger partial charge in [0, 0.05) is 26.1 Å². The van der Waals surface area contributed by atoms with Crippen LogP contribution >= 0.6 is 0 Å². The number of aryl methyl sites for hydroxylation is 1. The number of fused-ring (bicyclic) bond motifs is 1. The van der Waals surface area contributed by atoms with Crippen molar-refractivity contribution in [3.63, 3.8) is 0 Å². The van der Waals surface area contributed by atoms with Gasteiger partial charge in [0.2, 0.25) is 15.9 Å². The average molecular weight is 548 g/mol. The van der Waals surface area contributed by atoms with E-state index in [-0.39, 0.29) is 29.7 Å². The molecule has 0 spiro atoms. The van der Waals surface area contributed by atoms with Crippen LogP contribution in [0.5, 0.6) is 5.75 Å². The van der Waals surface area contributed by atoms with Gasteiger partial charge in [0.15, 0.2) is 6.10 Å². The first kappa shape index (κ1) is 26.9. The van der Waals surface area contributed by atoms with E-state index in [1.54, 1.807) is 35.2 Å². The van der Waals surface area contributed by atoms with Crippen LogP contribution in [0.1, 0.15) is 30.4 Å². The number of benzene rings is 3. The van der Waals surface area contributed by atoms with E-state index in [9.17, 15) is 18.0 Å². The Morgan fingerprint density at radius 3 is 2.26 bits per heavy atom. The number of carbonyl (C=O) groups excluding carboxylic acids is 2. The monoisotopic (exact) mass is 547 g/mol. The van der Waals surface area contributed by atoms with Crippen molar-refractivity contribution in [2.75, 3.05) is 31.1 Å². The second-order valence-corrected chi connectivity index (χ2v) is 11.8. The molecule has 2 amide bonds. The fourth-order valence-corrected chi connectivity index (χ4v) is 6.50. The zero-order valence-corrected chi connectivity index (χ0v) is 22.6. The summed E-state index contributed by atoms with van der Waals surface area (Å²) >= 11 is 0. The molecule has 39 heavy (non-hydrogen) atoms. The number of sulfonamides is 1. The lowest BCUT2D eigenvalue weighted by Gasteiger charge is -2.34. The topological polar surface area (TPSA) is 96.0 Å². The molecule has 1 unspecified atom stereocenters. The molecule has 9 heteroatoms. The molecule has 0 bridgehead atoms. The van der Waals surface area contributed by atoms with Crippen LogP contribution in [0, 0.1) is 0 Å². The van der Waals surface area contributed by atoms with Gasteiger partial charge in [-0.05, 0) is 61.1 Å². The van der Waals surface area contributed by atoms with Crippen LogP contribution in [0.15, 0.2) is 83.8 Å². The van der Waals surface area contributed by atoms with E-state index in [4.69, 9.17) is 4.74 Å². The molecule has 2 aliphatic heterocycles. The molecule has 1 fully saturated rings. The summed E-state index contributed by atoms with van der Waals surface area (Å²) < 4.78 is 33.0. The Kier molecular flexibility index (Phi) is 8.28. The lowest BCUT2D eigenvalue weighted by molar-refractivity contribution is -0.128. The number of para-hydroxylation sites is 2. The molecule has 204 valence electrons. The first-order valence-corrected chi connectivity index (χ1v) is 14.8. The van der Waals surface area contributed by atoms with Crippen molar-refractivity contribution in [1.29, 1.82) is 0 Å². The third-order valence-corrected chi connectivity index (χ3v) is 9.09. The van der Waals surface area contributed by atoms with Crippen molar-refractivity contribution in [3.05, 3.63) is 90.0 Å². The minimum atomic E-state index is -3.47. The van der Waals surface area contributed by atoms with Gasteiger partial charge in [0.25, 0.3) is 5.91 Å². The lowest BCUT2D eigenvalue weighted by atomic mass is 10.1. The molecule has 2 heterocycles. The molecular weight excluding hydrogens is 514 g/mol. The van der Waals surface area contributed by atoms with E-state index in [0.717, 1.165) is 24.0 Å². The Morgan fingerprint density at radius 2 is 1.51 bits per heavy atom. The quantitative estimate of drug-likeness (QED) is 0.442. The predicted octanol–water partition coefficient (Wildman–Crippen LogP) is 3.56. The molecule has 8 nitrogen and oxygen atoms in total. The van der Waals surface area contributed by atoms with E-state index in [2.05, 4.69) is 5.32 Å². The predicted molar refractivity (Wildman–Crippen MR) is 149 cm³/mol. The number of hydrogen-bond acceptors (Lipinski definition) is 5. The van der Waals surface area contributed by atoms with E-state index >= 15 is 0 Å². The van der Waals surface area contributed by atoms with Crippen molar-refractivity contribution >= 4 is 27.5 Å². The van der Waals surface area contributed by atoms with Gasteiger partial charge in [0.05, 0.1) is 17.1 Å². The van der Waals surface area contributed by atoms with Crippen LogP contribution in [0.2, 0.25) is 0 Å². The largest absolute Gasteiger partial charge is 0.477 e. The van der Waals surface area contributed by atoms with Crippen molar-refractivity contribution in [2.24, 2.45) is 0 Å². The molecule has 3 aromatic rings. The van der Waals surface area contributed by atoms with Crippen LogP contribution in [0.4, 0.5) is 5.69 Å². The number of carbonyl (C=O) groups is 2. The number of nitrogens with zero attached hydrogens (tertiary/aromatic N) is 2. The highest BCUT2D eigenvalue weighted by molar-refractivity contribution is 7.89. The third kappa shape index (κ3) is 6.32. The minimum Gasteiger partial charge on any atom is -0.477 e. The number of hydrogen-bond donors (Lipinski definition) is 1. The van der Waals surface area contributed by atoms with Gasteiger partial charge < -0.3 is 15.0 Å². The molecule has 0 radical (unpaired) electrons. The summed E-state index contributed by atoms with van der Waals surface area (Å²) in [6, 6.07) is 23.9. The van der Waals surface area contributed by atoms with Gasteiger partial charge in [-0.1, -0.05) is 54.6 Å². The summed E-state index contributed by atoms with van der Waals surface area (Å²) in [5.74, 6) is 0.117. The maximum absolute atomic E-state index is 13.3. The first-order valence-electron chi connectivity index (χ1n) is 13.4. The summed E-state index contributed by atoms with van der Waals surface area (Å²) in [5.41, 5.74) is 2.65. The normalized spacial score (nSPS) is 17.3. The molecule has 1 saturated heterocycles. The summed E-state index contributed by atoms with van der Waals surface area (Å²) in [5, 5.41) is 2.93.